The number of guanidine groups is 1. The highest BCUT2D eigenvalue weighted by atomic mass is 16.5. The molecule has 0 aliphatic carbocycles. The smallest absolute Gasteiger partial charge is 0.253 e. The quantitative estimate of drug-likeness (QED) is 0.319. The van der Waals surface area contributed by atoms with Crippen molar-refractivity contribution in [3.63, 3.8) is 0 Å². The van der Waals surface area contributed by atoms with E-state index in [1.54, 1.807) is 0 Å². The Balaban J connectivity index is 1.46. The van der Waals surface area contributed by atoms with Gasteiger partial charge in [-0.1, -0.05) is 18.6 Å². The summed E-state index contributed by atoms with van der Waals surface area (Å²) >= 11 is 0. The van der Waals surface area contributed by atoms with Gasteiger partial charge in [0, 0.05) is 38.0 Å². The Morgan fingerprint density at radius 2 is 2.13 bits per heavy atom. The van der Waals surface area contributed by atoms with Gasteiger partial charge in [-0.05, 0) is 70.2 Å². The Labute approximate surface area is 187 Å². The summed E-state index contributed by atoms with van der Waals surface area (Å²) in [6, 6.07) is 8.59. The van der Waals surface area contributed by atoms with Crippen LogP contribution in [0.3, 0.4) is 0 Å². The molecule has 1 aromatic rings. The van der Waals surface area contributed by atoms with Crippen LogP contribution in [0.15, 0.2) is 29.3 Å². The first-order valence-corrected chi connectivity index (χ1v) is 11.9. The van der Waals surface area contributed by atoms with Crippen LogP contribution in [0.1, 0.15) is 57.9 Å². The number of hydrogen-bond donors (Lipinski definition) is 3. The molecule has 2 unspecified atom stereocenters. The molecule has 2 fully saturated rings. The van der Waals surface area contributed by atoms with Crippen LogP contribution in [0.4, 0.5) is 5.69 Å². The van der Waals surface area contributed by atoms with Gasteiger partial charge < -0.3 is 25.6 Å². The number of rotatable bonds is 9. The molecule has 2 atom stereocenters. The maximum atomic E-state index is 12.3. The van der Waals surface area contributed by atoms with Crippen molar-refractivity contribution in [2.45, 2.75) is 71.1 Å². The fraction of sp³-hybridized carbons (Fsp3) is 0.667. The van der Waals surface area contributed by atoms with E-state index in [0.29, 0.717) is 19.2 Å². The summed E-state index contributed by atoms with van der Waals surface area (Å²) in [6.45, 7) is 9.75. The van der Waals surface area contributed by atoms with E-state index in [2.05, 4.69) is 34.7 Å². The lowest BCUT2D eigenvalue weighted by molar-refractivity contribution is -0.124. The average molecular weight is 430 g/mol. The summed E-state index contributed by atoms with van der Waals surface area (Å²) < 4.78 is 5.46. The number of nitrogens with one attached hydrogen (secondary N) is 3. The first kappa shape index (κ1) is 23.5. The number of benzene rings is 1. The van der Waals surface area contributed by atoms with E-state index < -0.39 is 0 Å². The summed E-state index contributed by atoms with van der Waals surface area (Å²) in [5, 5.41) is 9.74. The second-order valence-corrected chi connectivity index (χ2v) is 8.55. The van der Waals surface area contributed by atoms with Crippen molar-refractivity contribution >= 4 is 17.6 Å². The van der Waals surface area contributed by atoms with Crippen molar-refractivity contribution in [3.8, 4) is 0 Å². The summed E-state index contributed by atoms with van der Waals surface area (Å²) in [6.07, 6.45) is 6.55. The number of anilines is 1. The van der Waals surface area contributed by atoms with Crippen molar-refractivity contribution in [1.29, 1.82) is 0 Å². The summed E-state index contributed by atoms with van der Waals surface area (Å²) in [5.74, 6) is 0.777. The molecule has 7 heteroatoms. The third-order valence-corrected chi connectivity index (χ3v) is 6.04. The molecule has 1 aromatic carbocycles. The van der Waals surface area contributed by atoms with Crippen LogP contribution < -0.4 is 16.0 Å². The molecule has 0 spiro atoms. The molecule has 3 N–H and O–H groups in total. The molecule has 0 radical (unpaired) electrons. The van der Waals surface area contributed by atoms with E-state index in [4.69, 9.17) is 9.73 Å². The molecule has 2 saturated heterocycles. The zero-order chi connectivity index (χ0) is 21.9. The van der Waals surface area contributed by atoms with E-state index in [-0.39, 0.29) is 12.0 Å². The number of ether oxygens (including phenoxy) is 1. The lowest BCUT2D eigenvalue weighted by Gasteiger charge is -2.33. The molecule has 0 aromatic heterocycles. The maximum absolute atomic E-state index is 12.3. The van der Waals surface area contributed by atoms with Crippen LogP contribution in [-0.2, 0) is 16.1 Å². The minimum Gasteiger partial charge on any atom is -0.368 e. The monoisotopic (exact) mass is 429 g/mol. The standard InChI is InChI=1S/C24H39N5O2/c1-3-25-24(26-13-8-15-29-14-5-4-9-19(29)2)27-18-20-10-6-11-21(17-20)28-23(30)22-12-7-16-31-22/h6,10-11,17,19,22H,3-5,7-9,12-16,18H2,1-2H3,(H,28,30)(H2,25,26,27). The summed E-state index contributed by atoms with van der Waals surface area (Å²) in [7, 11) is 0. The lowest BCUT2D eigenvalue weighted by Crippen LogP contribution is -2.41. The van der Waals surface area contributed by atoms with Crippen molar-refractivity contribution < 1.29 is 9.53 Å². The minimum atomic E-state index is -0.320. The zero-order valence-electron chi connectivity index (χ0n) is 19.2. The molecular formula is C24H39N5O2. The third-order valence-electron chi connectivity index (χ3n) is 6.04. The number of carbonyl (C=O) groups excluding carboxylic acids is 1. The second kappa shape index (κ2) is 12.7. The van der Waals surface area contributed by atoms with Gasteiger partial charge in [-0.3, -0.25) is 4.79 Å². The van der Waals surface area contributed by atoms with E-state index in [1.165, 1.54) is 25.8 Å². The molecule has 2 aliphatic rings. The normalized spacial score (nSPS) is 22.3. The van der Waals surface area contributed by atoms with Gasteiger partial charge in [0.25, 0.3) is 5.91 Å². The van der Waals surface area contributed by atoms with Crippen LogP contribution >= 0.6 is 0 Å². The number of amides is 1. The lowest BCUT2D eigenvalue weighted by atomic mass is 10.0. The number of piperidine rings is 1. The van der Waals surface area contributed by atoms with Crippen LogP contribution in [-0.4, -0.2) is 61.7 Å². The zero-order valence-corrected chi connectivity index (χ0v) is 19.2. The number of carbonyl (C=O) groups is 1. The Bertz CT molecular complexity index is 718. The third kappa shape index (κ3) is 7.82. The number of aliphatic imine (C=N–C) groups is 1. The fourth-order valence-electron chi connectivity index (χ4n) is 4.25. The van der Waals surface area contributed by atoms with E-state index in [1.807, 2.05) is 24.3 Å². The highest BCUT2D eigenvalue weighted by Crippen LogP contribution is 2.17. The number of nitrogens with zero attached hydrogens (tertiary/aromatic N) is 2. The predicted octanol–water partition coefficient (Wildman–Crippen LogP) is 3.12. The average Bonchev–Trinajstić information content (AvgIpc) is 3.31. The maximum Gasteiger partial charge on any atom is 0.253 e. The van der Waals surface area contributed by atoms with E-state index in [0.717, 1.165) is 56.1 Å². The fourth-order valence-corrected chi connectivity index (χ4v) is 4.25. The van der Waals surface area contributed by atoms with Gasteiger partial charge in [-0.25, -0.2) is 4.99 Å². The summed E-state index contributed by atoms with van der Waals surface area (Å²) in [4.78, 5) is 19.6. The molecule has 0 bridgehead atoms. The SMILES string of the molecule is CCNC(=NCc1cccc(NC(=O)C2CCCO2)c1)NCCCN1CCCCC1C. The first-order chi connectivity index (χ1) is 15.2. The molecule has 7 nitrogen and oxygen atoms in total. The van der Waals surface area contributed by atoms with Gasteiger partial charge >= 0.3 is 0 Å². The molecule has 0 saturated carbocycles. The second-order valence-electron chi connectivity index (χ2n) is 8.55. The highest BCUT2D eigenvalue weighted by molar-refractivity contribution is 5.94. The van der Waals surface area contributed by atoms with Gasteiger partial charge in [0.15, 0.2) is 5.96 Å². The van der Waals surface area contributed by atoms with E-state index in [9.17, 15) is 4.79 Å². The largest absolute Gasteiger partial charge is 0.368 e. The van der Waals surface area contributed by atoms with Gasteiger partial charge in [0.1, 0.15) is 6.10 Å². The molecule has 1 amide bonds. The van der Waals surface area contributed by atoms with Crippen molar-refractivity contribution in [2.24, 2.45) is 4.99 Å². The van der Waals surface area contributed by atoms with Gasteiger partial charge in [0.2, 0.25) is 0 Å². The Morgan fingerprint density at radius 1 is 1.23 bits per heavy atom. The van der Waals surface area contributed by atoms with Gasteiger partial charge in [-0.2, -0.15) is 0 Å². The summed E-state index contributed by atoms with van der Waals surface area (Å²) in [5.41, 5.74) is 1.85. The molecule has 2 aliphatic heterocycles. The van der Waals surface area contributed by atoms with Crippen LogP contribution in [0.2, 0.25) is 0 Å². The Morgan fingerprint density at radius 3 is 2.90 bits per heavy atom. The van der Waals surface area contributed by atoms with Crippen molar-refractivity contribution in [2.75, 3.05) is 38.1 Å². The number of hydrogen-bond acceptors (Lipinski definition) is 4. The van der Waals surface area contributed by atoms with Crippen LogP contribution in [0.25, 0.3) is 0 Å². The number of likely N-dealkylation sites (tertiary alicyclic amines) is 1. The van der Waals surface area contributed by atoms with Crippen molar-refractivity contribution in [3.05, 3.63) is 29.8 Å². The minimum absolute atomic E-state index is 0.0591. The van der Waals surface area contributed by atoms with E-state index >= 15 is 0 Å². The van der Waals surface area contributed by atoms with Gasteiger partial charge in [-0.15, -0.1) is 0 Å². The molecule has 2 heterocycles. The van der Waals surface area contributed by atoms with Crippen molar-refractivity contribution in [1.82, 2.24) is 15.5 Å². The first-order valence-electron chi connectivity index (χ1n) is 11.9. The topological polar surface area (TPSA) is 78.0 Å². The molecule has 3 rings (SSSR count). The Hall–Kier alpha value is -2.12. The van der Waals surface area contributed by atoms with Crippen LogP contribution in [0.5, 0.6) is 0 Å². The molecule has 172 valence electrons. The highest BCUT2D eigenvalue weighted by Gasteiger charge is 2.23. The Kier molecular flexibility index (Phi) is 9.62. The van der Waals surface area contributed by atoms with Crippen LogP contribution in [0, 0.1) is 0 Å². The molecule has 31 heavy (non-hydrogen) atoms. The van der Waals surface area contributed by atoms with Gasteiger partial charge in [0.05, 0.1) is 6.54 Å². The predicted molar refractivity (Wildman–Crippen MR) is 126 cm³/mol. The molecular weight excluding hydrogens is 390 g/mol.